The number of ether oxygens (including phenoxy) is 6. The number of rotatable bonds is 12. The molecule has 3 saturated heterocycles. The average Bonchev–Trinajstić information content (AvgIpc) is 3.96. The Morgan fingerprint density at radius 3 is 2.24 bits per heavy atom. The average molecular weight is 1120 g/mol. The molecule has 7 rings (SSSR count). The Morgan fingerprint density at radius 2 is 1.59 bits per heavy atom. The Hall–Kier alpha value is -2.47. The molecule has 0 aromatic heterocycles. The van der Waals surface area contributed by atoms with Crippen LogP contribution < -0.4 is 5.32 Å². The van der Waals surface area contributed by atoms with Crippen LogP contribution >= 0.6 is 0 Å². The van der Waals surface area contributed by atoms with Crippen LogP contribution in [0.1, 0.15) is 147 Å². The first-order chi connectivity index (χ1) is 36.7. The van der Waals surface area contributed by atoms with E-state index < -0.39 is 124 Å². The second-order valence-electron chi connectivity index (χ2n) is 26.9. The number of nitrogens with one attached hydrogen (secondary N) is 1. The molecule has 79 heavy (non-hydrogen) atoms. The highest BCUT2D eigenvalue weighted by molar-refractivity contribution is 6.01. The summed E-state index contributed by atoms with van der Waals surface area (Å²) in [5.74, 6) is -3.70. The number of hydrogen-bond acceptors (Lipinski definition) is 18. The van der Waals surface area contributed by atoms with Crippen molar-refractivity contribution in [3.8, 4) is 0 Å². The number of nitrogens with zero attached hydrogens (tertiary/aromatic N) is 2. The molecule has 7 aliphatic rings. The third-order valence-electron chi connectivity index (χ3n) is 21.0. The first-order valence-corrected chi connectivity index (χ1v) is 29.6. The maximum atomic E-state index is 14.7. The topological polar surface area (TPSA) is 267 Å². The highest BCUT2D eigenvalue weighted by Gasteiger charge is 2.68. The molecular weight excluding hydrogens is 1020 g/mol. The van der Waals surface area contributed by atoms with Crippen LogP contribution in [0.2, 0.25) is 0 Å². The van der Waals surface area contributed by atoms with Crippen LogP contribution in [0.5, 0.6) is 0 Å². The number of likely N-dealkylation sites (N-methyl/N-ethyl adjacent to an activating group) is 1. The second-order valence-corrected chi connectivity index (χ2v) is 26.9. The second kappa shape index (κ2) is 24.3. The summed E-state index contributed by atoms with van der Waals surface area (Å²) in [5.41, 5.74) is -6.87. The minimum absolute atomic E-state index is 0.0217. The van der Waals surface area contributed by atoms with E-state index >= 15 is 0 Å². The zero-order chi connectivity index (χ0) is 58.7. The number of methoxy groups -OCH3 is 1. The number of esters is 1. The summed E-state index contributed by atoms with van der Waals surface area (Å²) >= 11 is 0. The van der Waals surface area contributed by atoms with Gasteiger partial charge < -0.3 is 74.4 Å². The van der Waals surface area contributed by atoms with Crippen molar-refractivity contribution in [3.63, 3.8) is 0 Å². The Kier molecular flexibility index (Phi) is 19.7. The van der Waals surface area contributed by atoms with Gasteiger partial charge in [-0.2, -0.15) is 0 Å². The maximum absolute atomic E-state index is 14.7. The fraction of sp³-hybridized carbons (Fsp3) is 0.883. The number of ketones is 1. The highest BCUT2D eigenvalue weighted by Crippen LogP contribution is 2.67. The van der Waals surface area contributed by atoms with Gasteiger partial charge in [0.15, 0.2) is 18.4 Å². The molecule has 0 bridgehead atoms. The van der Waals surface area contributed by atoms with Crippen molar-refractivity contribution in [1.82, 2.24) is 15.1 Å². The fourth-order valence-electron chi connectivity index (χ4n) is 16.2. The molecule has 0 radical (unpaired) electrons. The van der Waals surface area contributed by atoms with E-state index in [0.29, 0.717) is 32.2 Å². The lowest BCUT2D eigenvalue weighted by Gasteiger charge is -2.59. The van der Waals surface area contributed by atoms with E-state index in [1.165, 1.54) is 14.0 Å². The van der Waals surface area contributed by atoms with Gasteiger partial charge in [-0.15, -0.1) is 0 Å². The third kappa shape index (κ3) is 12.3. The first kappa shape index (κ1) is 64.1. The summed E-state index contributed by atoms with van der Waals surface area (Å²) in [6.45, 7) is 22.2. The lowest BCUT2D eigenvalue weighted by Crippen LogP contribution is -2.63. The van der Waals surface area contributed by atoms with Crippen molar-refractivity contribution < 1.29 is 78.6 Å². The molecule has 3 heterocycles. The zero-order valence-electron chi connectivity index (χ0n) is 50.1. The molecule has 0 unspecified atom stereocenters. The van der Waals surface area contributed by atoms with Crippen molar-refractivity contribution in [2.24, 2.45) is 46.3 Å². The molecule has 6 fully saturated rings. The van der Waals surface area contributed by atoms with Crippen molar-refractivity contribution in [1.29, 1.82) is 0 Å². The van der Waals surface area contributed by atoms with Crippen LogP contribution in [0.4, 0.5) is 0 Å². The standard InChI is InChI=1S/C60H101N3O16/c1-16-44-59(12,72)49(67)36(6)63(25-17-24-61-54(70)60(73)23-21-41-40-19-18-38-27-39(64)20-22-55(38,8)46(40)43(65)29-56(41,60)9)31-32(2)28-57(10,71)51(79-53-47(66)42(62(13)14)26-33(3)75-53)34(4)48(35(5)52(69)77-44)78-45-30-58(11,74-15)50(68)37(7)76-45/h20,22,27,32-37,40-51,53,65-68,71-73H,16-19,21,23-26,28-31H2,1-15H3,(H,61,70)/t32-,33-,34+,35-,36-,37+,40+,41+,42+,43+,44-,45+,46-,47-,48+,49-,50+,51-,53+,55+,56+,57-,58-,59-,60+/m1/s1. The Balaban J connectivity index is 1.15. The predicted octanol–water partition coefficient (Wildman–Crippen LogP) is 3.79. The maximum Gasteiger partial charge on any atom is 0.311 e. The number of fused-ring (bicyclic) bond motifs is 5. The molecule has 4 aliphatic carbocycles. The fourth-order valence-corrected chi connectivity index (χ4v) is 16.2. The highest BCUT2D eigenvalue weighted by atomic mass is 16.7. The van der Waals surface area contributed by atoms with Crippen LogP contribution in [0.15, 0.2) is 23.8 Å². The van der Waals surface area contributed by atoms with Gasteiger partial charge >= 0.3 is 5.97 Å². The van der Waals surface area contributed by atoms with Crippen LogP contribution in [-0.2, 0) is 42.8 Å². The molecule has 452 valence electrons. The van der Waals surface area contributed by atoms with Crippen molar-refractivity contribution in [2.75, 3.05) is 40.8 Å². The van der Waals surface area contributed by atoms with Gasteiger partial charge in [0.25, 0.3) is 5.91 Å². The minimum atomic E-state index is -1.98. The molecule has 3 saturated carbocycles. The molecule has 0 spiro atoms. The van der Waals surface area contributed by atoms with Gasteiger partial charge in [-0.3, -0.25) is 19.3 Å². The van der Waals surface area contributed by atoms with Crippen LogP contribution in [0, 0.1) is 46.3 Å². The summed E-state index contributed by atoms with van der Waals surface area (Å²) in [6, 6.07) is -1.11. The largest absolute Gasteiger partial charge is 0.459 e. The van der Waals surface area contributed by atoms with E-state index in [2.05, 4.69) is 12.2 Å². The number of cyclic esters (lactones) is 1. The van der Waals surface area contributed by atoms with Crippen LogP contribution in [0.3, 0.4) is 0 Å². The Labute approximate surface area is 470 Å². The number of carbonyl (C=O) groups is 3. The quantitative estimate of drug-likeness (QED) is 0.102. The Morgan fingerprint density at radius 1 is 0.911 bits per heavy atom. The van der Waals surface area contributed by atoms with Gasteiger partial charge in [0.05, 0.1) is 47.6 Å². The van der Waals surface area contributed by atoms with E-state index in [1.54, 1.807) is 60.6 Å². The van der Waals surface area contributed by atoms with Crippen molar-refractivity contribution in [3.05, 3.63) is 23.8 Å². The lowest BCUT2D eigenvalue weighted by atomic mass is 9.46. The number of aliphatic hydroxyl groups excluding tert-OH is 4. The first-order valence-electron chi connectivity index (χ1n) is 29.6. The van der Waals surface area contributed by atoms with Gasteiger partial charge in [0.2, 0.25) is 0 Å². The molecule has 0 aromatic carbocycles. The van der Waals surface area contributed by atoms with Crippen molar-refractivity contribution in [2.45, 2.75) is 249 Å². The summed E-state index contributed by atoms with van der Waals surface area (Å²) in [7, 11) is 5.23. The van der Waals surface area contributed by atoms with Gasteiger partial charge in [-0.05, 0) is 150 Å². The van der Waals surface area contributed by atoms with Crippen LogP contribution in [-0.4, -0.2) is 206 Å². The van der Waals surface area contributed by atoms with Gasteiger partial charge in [-0.1, -0.05) is 46.3 Å². The summed E-state index contributed by atoms with van der Waals surface area (Å²) in [5, 5.41) is 88.2. The number of carbonyl (C=O) groups excluding carboxylic acids is 3. The Bertz CT molecular complexity index is 2210. The summed E-state index contributed by atoms with van der Waals surface area (Å²) in [4.78, 5) is 45.4. The normalized spacial score (nSPS) is 49.4. The van der Waals surface area contributed by atoms with Gasteiger partial charge in [0, 0.05) is 67.9 Å². The van der Waals surface area contributed by atoms with E-state index in [1.807, 2.05) is 50.7 Å². The molecule has 19 nitrogen and oxygen atoms in total. The molecular formula is C60H101N3O16. The number of hydrogen-bond donors (Lipinski definition) is 8. The SMILES string of the molecule is CC[C@H]1OC(=O)[C@H](C)[C@@H](O[C@H]2C[C@@](C)(OC)[C@@H](O)[C@H](C)O2)[C@H](C)[C@@H](O[C@@H]2O[C@H](C)C[C@H](N(C)C)[C@H]2O)[C@](C)(O)C[C@@H](C)CN(CCCNC(=O)[C@@]2(O)CC[C@H]3[C@@H]4CCC5=CC(=O)C=C[C@]5(C)[C@H]4[C@@H](O)C[C@@]32C)[C@H](C)[C@@H](O)[C@]1(C)O. The number of aliphatic hydroxyl groups is 7. The molecule has 25 atom stereocenters. The van der Waals surface area contributed by atoms with Crippen molar-refractivity contribution >= 4 is 17.7 Å². The minimum Gasteiger partial charge on any atom is -0.459 e. The third-order valence-corrected chi connectivity index (χ3v) is 21.0. The number of allylic oxidation sites excluding steroid dienone is 4. The van der Waals surface area contributed by atoms with Gasteiger partial charge in [-0.25, -0.2) is 0 Å². The predicted molar refractivity (Wildman–Crippen MR) is 294 cm³/mol. The van der Waals surface area contributed by atoms with E-state index in [0.717, 1.165) is 12.0 Å². The zero-order valence-corrected chi connectivity index (χ0v) is 50.1. The van der Waals surface area contributed by atoms with E-state index in [9.17, 15) is 50.1 Å². The molecule has 1 amide bonds. The molecule has 8 N–H and O–H groups in total. The monoisotopic (exact) mass is 1120 g/mol. The smallest absolute Gasteiger partial charge is 0.311 e. The van der Waals surface area contributed by atoms with E-state index in [-0.39, 0.29) is 86.8 Å². The summed E-state index contributed by atoms with van der Waals surface area (Å²) < 4.78 is 38.3. The van der Waals surface area contributed by atoms with E-state index in [4.69, 9.17) is 28.4 Å². The van der Waals surface area contributed by atoms with Gasteiger partial charge in [0.1, 0.15) is 35.6 Å². The molecule has 0 aromatic rings. The lowest BCUT2D eigenvalue weighted by molar-refractivity contribution is -0.318. The molecule has 3 aliphatic heterocycles. The van der Waals surface area contributed by atoms with Crippen LogP contribution in [0.25, 0.3) is 0 Å². The summed E-state index contributed by atoms with van der Waals surface area (Å²) in [6.07, 6.45) is -2.12. The molecule has 19 heteroatoms. The number of amides is 1.